The van der Waals surface area contributed by atoms with Crippen LogP contribution in [-0.2, 0) is 11.2 Å². The maximum atomic E-state index is 12.2. The molecule has 0 spiro atoms. The van der Waals surface area contributed by atoms with Crippen molar-refractivity contribution in [3.05, 3.63) is 22.4 Å². The zero-order valence-electron chi connectivity index (χ0n) is 12.3. The lowest BCUT2D eigenvalue weighted by Gasteiger charge is -2.35. The molecule has 2 rings (SSSR count). The lowest BCUT2D eigenvalue weighted by Crippen LogP contribution is -2.58. The molecule has 116 valence electrons. The van der Waals surface area contributed by atoms with Crippen molar-refractivity contribution in [3.8, 4) is 0 Å². The summed E-state index contributed by atoms with van der Waals surface area (Å²) < 4.78 is 0. The Bertz CT molecular complexity index is 481. The highest BCUT2D eigenvalue weighted by Gasteiger charge is 2.41. The molecular weight excluding hydrogens is 288 g/mol. The molecule has 1 aromatic heterocycles. The van der Waals surface area contributed by atoms with E-state index >= 15 is 0 Å². The standard InChI is InChI=1S/C15H22N2O3S/c1-17(10-7-12-6-5-11-21-12)14(20)16-15(13(18)19)8-3-2-4-9-15/h5-6,11H,2-4,7-10H2,1H3,(H,16,20)(H,18,19). The maximum absolute atomic E-state index is 12.2. The second-order valence-corrected chi connectivity index (χ2v) is 6.66. The highest BCUT2D eigenvalue weighted by molar-refractivity contribution is 7.09. The molecule has 5 nitrogen and oxygen atoms in total. The summed E-state index contributed by atoms with van der Waals surface area (Å²) in [7, 11) is 1.71. The summed E-state index contributed by atoms with van der Waals surface area (Å²) in [5.74, 6) is -0.915. The SMILES string of the molecule is CN(CCc1cccs1)C(=O)NC1(C(=O)O)CCCCC1. The van der Waals surface area contributed by atoms with Gasteiger partial charge in [0.1, 0.15) is 5.54 Å². The molecule has 0 saturated heterocycles. The second-order valence-electron chi connectivity index (χ2n) is 5.63. The quantitative estimate of drug-likeness (QED) is 0.878. The van der Waals surface area contributed by atoms with Crippen molar-refractivity contribution in [3.63, 3.8) is 0 Å². The van der Waals surface area contributed by atoms with Gasteiger partial charge in [-0.25, -0.2) is 9.59 Å². The molecule has 1 heterocycles. The van der Waals surface area contributed by atoms with Gasteiger partial charge in [0.25, 0.3) is 0 Å². The van der Waals surface area contributed by atoms with E-state index in [0.717, 1.165) is 25.7 Å². The van der Waals surface area contributed by atoms with Crippen LogP contribution in [0.5, 0.6) is 0 Å². The number of nitrogens with one attached hydrogen (secondary N) is 1. The fourth-order valence-corrected chi connectivity index (χ4v) is 3.38. The highest BCUT2D eigenvalue weighted by Crippen LogP contribution is 2.28. The first-order valence-electron chi connectivity index (χ1n) is 7.32. The van der Waals surface area contributed by atoms with E-state index in [-0.39, 0.29) is 6.03 Å². The number of thiophene rings is 1. The number of hydrogen-bond acceptors (Lipinski definition) is 3. The van der Waals surface area contributed by atoms with Crippen molar-refractivity contribution in [1.82, 2.24) is 10.2 Å². The van der Waals surface area contributed by atoms with Crippen LogP contribution in [0.1, 0.15) is 37.0 Å². The van der Waals surface area contributed by atoms with Crippen LogP contribution in [0.3, 0.4) is 0 Å². The summed E-state index contributed by atoms with van der Waals surface area (Å²) in [5.41, 5.74) is -1.08. The summed E-state index contributed by atoms with van der Waals surface area (Å²) in [6, 6.07) is 3.73. The van der Waals surface area contributed by atoms with Crippen molar-refractivity contribution in [2.45, 2.75) is 44.1 Å². The van der Waals surface area contributed by atoms with E-state index in [1.807, 2.05) is 17.5 Å². The Morgan fingerprint density at radius 1 is 1.38 bits per heavy atom. The average molecular weight is 310 g/mol. The summed E-state index contributed by atoms with van der Waals surface area (Å²) in [6.45, 7) is 0.585. The number of amides is 2. The molecule has 0 atom stereocenters. The van der Waals surface area contributed by atoms with E-state index in [4.69, 9.17) is 0 Å². The molecule has 0 aliphatic heterocycles. The van der Waals surface area contributed by atoms with Gasteiger partial charge in [0.2, 0.25) is 0 Å². The van der Waals surface area contributed by atoms with Crippen molar-refractivity contribution in [2.24, 2.45) is 0 Å². The van der Waals surface area contributed by atoms with E-state index in [9.17, 15) is 14.7 Å². The fourth-order valence-electron chi connectivity index (χ4n) is 2.68. The Balaban J connectivity index is 1.90. The third-order valence-electron chi connectivity index (χ3n) is 4.08. The Hall–Kier alpha value is -1.56. The van der Waals surface area contributed by atoms with Crippen molar-refractivity contribution >= 4 is 23.3 Å². The normalized spacial score (nSPS) is 17.2. The summed E-state index contributed by atoms with van der Waals surface area (Å²) in [5, 5.41) is 14.2. The topological polar surface area (TPSA) is 69.6 Å². The van der Waals surface area contributed by atoms with E-state index in [0.29, 0.717) is 19.4 Å². The predicted octanol–water partition coefficient (Wildman–Crippen LogP) is 2.72. The molecule has 6 heteroatoms. The molecular formula is C15H22N2O3S. The first-order chi connectivity index (χ1) is 10.0. The molecule has 0 bridgehead atoms. The zero-order valence-corrected chi connectivity index (χ0v) is 13.1. The van der Waals surface area contributed by atoms with Gasteiger partial charge in [-0.1, -0.05) is 25.3 Å². The lowest BCUT2D eigenvalue weighted by atomic mass is 9.82. The predicted molar refractivity (Wildman–Crippen MR) is 82.6 cm³/mol. The number of nitrogens with zero attached hydrogens (tertiary/aromatic N) is 1. The van der Waals surface area contributed by atoms with Gasteiger partial charge in [0.05, 0.1) is 0 Å². The molecule has 1 fully saturated rings. The monoisotopic (exact) mass is 310 g/mol. The van der Waals surface area contributed by atoms with E-state index in [1.54, 1.807) is 23.3 Å². The smallest absolute Gasteiger partial charge is 0.329 e. The number of likely N-dealkylation sites (N-methyl/N-ethyl adjacent to an activating group) is 1. The number of urea groups is 1. The Morgan fingerprint density at radius 2 is 2.10 bits per heavy atom. The number of aliphatic carboxylic acids is 1. The van der Waals surface area contributed by atoms with E-state index in [1.165, 1.54) is 4.88 Å². The Labute approximate surface area is 129 Å². The Kier molecular flexibility index (Phi) is 5.22. The van der Waals surface area contributed by atoms with Gasteiger partial charge in [-0.2, -0.15) is 0 Å². The average Bonchev–Trinajstić information content (AvgIpc) is 2.98. The van der Waals surface area contributed by atoms with Crippen LogP contribution in [0.15, 0.2) is 17.5 Å². The maximum Gasteiger partial charge on any atom is 0.329 e. The van der Waals surface area contributed by atoms with Crippen LogP contribution < -0.4 is 5.32 Å². The lowest BCUT2D eigenvalue weighted by molar-refractivity contribution is -0.145. The van der Waals surface area contributed by atoms with E-state index in [2.05, 4.69) is 5.32 Å². The molecule has 0 radical (unpaired) electrons. The number of carboxylic acids is 1. The first kappa shape index (κ1) is 15.8. The van der Waals surface area contributed by atoms with Crippen LogP contribution in [0.4, 0.5) is 4.79 Å². The molecule has 1 aliphatic rings. The van der Waals surface area contributed by atoms with Gasteiger partial charge in [-0.05, 0) is 30.7 Å². The first-order valence-corrected chi connectivity index (χ1v) is 8.20. The molecule has 0 unspecified atom stereocenters. The molecule has 21 heavy (non-hydrogen) atoms. The largest absolute Gasteiger partial charge is 0.480 e. The highest BCUT2D eigenvalue weighted by atomic mass is 32.1. The van der Waals surface area contributed by atoms with Crippen LogP contribution in [0.25, 0.3) is 0 Å². The number of hydrogen-bond donors (Lipinski definition) is 2. The Morgan fingerprint density at radius 3 is 2.67 bits per heavy atom. The van der Waals surface area contributed by atoms with Gasteiger partial charge >= 0.3 is 12.0 Å². The van der Waals surface area contributed by atoms with Gasteiger partial charge in [0.15, 0.2) is 0 Å². The summed E-state index contributed by atoms with van der Waals surface area (Å²) in [4.78, 5) is 26.6. The third kappa shape index (κ3) is 3.97. The molecule has 0 aromatic carbocycles. The van der Waals surface area contributed by atoms with Crippen molar-refractivity contribution in [2.75, 3.05) is 13.6 Å². The van der Waals surface area contributed by atoms with Gasteiger partial charge in [-0.15, -0.1) is 11.3 Å². The number of carbonyl (C=O) groups is 2. The van der Waals surface area contributed by atoms with Gasteiger partial charge in [-0.3, -0.25) is 0 Å². The minimum atomic E-state index is -1.08. The molecule has 1 saturated carbocycles. The second kappa shape index (κ2) is 6.93. The third-order valence-corrected chi connectivity index (χ3v) is 5.02. The molecule has 2 N–H and O–H groups in total. The molecule has 1 aliphatic carbocycles. The van der Waals surface area contributed by atoms with Crippen LogP contribution >= 0.6 is 11.3 Å². The number of carboxylic acid groups (broad SMARTS) is 1. The molecule has 2 amide bonds. The minimum Gasteiger partial charge on any atom is -0.480 e. The molecule has 1 aromatic rings. The fraction of sp³-hybridized carbons (Fsp3) is 0.600. The van der Waals surface area contributed by atoms with Gasteiger partial charge in [0, 0.05) is 18.5 Å². The van der Waals surface area contributed by atoms with Crippen LogP contribution in [0, 0.1) is 0 Å². The number of rotatable bonds is 5. The van der Waals surface area contributed by atoms with Crippen molar-refractivity contribution in [1.29, 1.82) is 0 Å². The van der Waals surface area contributed by atoms with Gasteiger partial charge < -0.3 is 15.3 Å². The van der Waals surface area contributed by atoms with E-state index < -0.39 is 11.5 Å². The van der Waals surface area contributed by atoms with Crippen LogP contribution in [0.2, 0.25) is 0 Å². The minimum absolute atomic E-state index is 0.296. The van der Waals surface area contributed by atoms with Crippen molar-refractivity contribution < 1.29 is 14.7 Å². The summed E-state index contributed by atoms with van der Waals surface area (Å²) >= 11 is 1.66. The van der Waals surface area contributed by atoms with Crippen LogP contribution in [-0.4, -0.2) is 41.1 Å². The number of carbonyl (C=O) groups excluding carboxylic acids is 1. The zero-order chi connectivity index (χ0) is 15.3. The summed E-state index contributed by atoms with van der Waals surface area (Å²) in [6.07, 6.45) is 4.58.